The maximum atomic E-state index is 12.5. The van der Waals surface area contributed by atoms with Crippen molar-refractivity contribution in [2.75, 3.05) is 25.2 Å². The average Bonchev–Trinajstić information content (AvgIpc) is 3.17. The van der Waals surface area contributed by atoms with E-state index in [1.54, 1.807) is 7.11 Å². The molecule has 0 saturated carbocycles. The number of carbonyl (C=O) groups is 1. The van der Waals surface area contributed by atoms with Crippen LogP contribution in [0.2, 0.25) is 0 Å². The Kier molecular flexibility index (Phi) is 5.46. The zero-order valence-electron chi connectivity index (χ0n) is 19.1. The van der Waals surface area contributed by atoms with Crippen molar-refractivity contribution in [2.24, 2.45) is 0 Å². The number of amides is 1. The fourth-order valence-corrected chi connectivity index (χ4v) is 4.74. The van der Waals surface area contributed by atoms with Crippen molar-refractivity contribution in [3.05, 3.63) is 59.2 Å². The van der Waals surface area contributed by atoms with Crippen LogP contribution < -0.4 is 19.7 Å². The third-order valence-corrected chi connectivity index (χ3v) is 6.59. The van der Waals surface area contributed by atoms with Crippen molar-refractivity contribution >= 4 is 17.7 Å². The molecule has 2 aromatic carbocycles. The molecule has 1 N–H and O–H groups in total. The van der Waals surface area contributed by atoms with Gasteiger partial charge in [-0.05, 0) is 48.7 Å². The van der Waals surface area contributed by atoms with Crippen LogP contribution in [0.5, 0.6) is 11.5 Å². The number of carbonyl (C=O) groups excluding carboxylic acids is 1. The van der Waals surface area contributed by atoms with E-state index in [0.29, 0.717) is 18.9 Å². The Labute approximate surface area is 185 Å². The van der Waals surface area contributed by atoms with E-state index < -0.39 is 5.66 Å². The van der Waals surface area contributed by atoms with E-state index in [4.69, 9.17) is 9.47 Å². The topological polar surface area (TPSA) is 50.8 Å². The zero-order valence-corrected chi connectivity index (χ0v) is 19.1. The van der Waals surface area contributed by atoms with Gasteiger partial charge in [-0.25, -0.2) is 0 Å². The second-order valence-electron chi connectivity index (χ2n) is 8.99. The maximum absolute atomic E-state index is 12.5. The highest BCUT2D eigenvalue weighted by atomic mass is 16.5. The SMILES string of the molecule is CCCCOc1ccc(C=CC23NC(=O)CN2c2ccc(C)cc2C3(C)C)cc1OC. The van der Waals surface area contributed by atoms with Crippen LogP contribution >= 0.6 is 0 Å². The van der Waals surface area contributed by atoms with Crippen LogP contribution in [-0.2, 0) is 10.2 Å². The molecule has 0 spiro atoms. The molecule has 4 rings (SSSR count). The van der Waals surface area contributed by atoms with E-state index >= 15 is 0 Å². The Bertz CT molecular complexity index is 1030. The minimum atomic E-state index is -0.607. The molecule has 0 bridgehead atoms. The molecule has 2 heterocycles. The molecule has 1 atom stereocenters. The van der Waals surface area contributed by atoms with E-state index in [0.717, 1.165) is 29.8 Å². The lowest BCUT2D eigenvalue weighted by atomic mass is 9.75. The van der Waals surface area contributed by atoms with Crippen LogP contribution in [0.25, 0.3) is 6.08 Å². The third kappa shape index (κ3) is 3.46. The molecular formula is C26H32N2O3. The zero-order chi connectivity index (χ0) is 22.2. The highest BCUT2D eigenvalue weighted by Gasteiger charge is 2.59. The van der Waals surface area contributed by atoms with Crippen LogP contribution in [0, 0.1) is 6.92 Å². The van der Waals surface area contributed by atoms with Crippen molar-refractivity contribution < 1.29 is 14.3 Å². The van der Waals surface area contributed by atoms with Gasteiger partial charge >= 0.3 is 0 Å². The van der Waals surface area contributed by atoms with Gasteiger partial charge in [0.15, 0.2) is 11.5 Å². The van der Waals surface area contributed by atoms with Gasteiger partial charge in [0.1, 0.15) is 5.66 Å². The molecule has 1 amide bonds. The molecule has 5 heteroatoms. The van der Waals surface area contributed by atoms with Gasteiger partial charge in [0.2, 0.25) is 5.91 Å². The van der Waals surface area contributed by atoms with Crippen molar-refractivity contribution in [3.8, 4) is 11.5 Å². The van der Waals surface area contributed by atoms with E-state index in [1.807, 2.05) is 18.2 Å². The summed E-state index contributed by atoms with van der Waals surface area (Å²) in [7, 11) is 1.66. The smallest absolute Gasteiger partial charge is 0.241 e. The monoisotopic (exact) mass is 420 g/mol. The van der Waals surface area contributed by atoms with Crippen molar-refractivity contribution in [1.82, 2.24) is 5.32 Å². The molecule has 1 saturated heterocycles. The summed E-state index contributed by atoms with van der Waals surface area (Å²) in [4.78, 5) is 14.7. The van der Waals surface area contributed by atoms with Crippen LogP contribution in [0.1, 0.15) is 50.3 Å². The van der Waals surface area contributed by atoms with Crippen LogP contribution in [0.15, 0.2) is 42.5 Å². The van der Waals surface area contributed by atoms with Crippen molar-refractivity contribution in [1.29, 1.82) is 0 Å². The summed E-state index contributed by atoms with van der Waals surface area (Å²) < 4.78 is 11.4. The number of benzene rings is 2. The molecule has 2 aliphatic heterocycles. The number of ether oxygens (including phenoxy) is 2. The highest BCUT2D eigenvalue weighted by Crippen LogP contribution is 2.53. The number of aryl methyl sites for hydroxylation is 1. The maximum Gasteiger partial charge on any atom is 0.241 e. The van der Waals surface area contributed by atoms with Crippen LogP contribution in [-0.4, -0.2) is 31.8 Å². The van der Waals surface area contributed by atoms with E-state index in [2.05, 4.69) is 68.3 Å². The molecule has 0 aliphatic carbocycles. The molecule has 0 aromatic heterocycles. The number of hydrogen-bond acceptors (Lipinski definition) is 4. The van der Waals surface area contributed by atoms with Gasteiger partial charge in [0.05, 0.1) is 20.3 Å². The first-order valence-electron chi connectivity index (χ1n) is 11.0. The Hall–Kier alpha value is -2.95. The van der Waals surface area contributed by atoms with E-state index in [1.165, 1.54) is 11.1 Å². The first kappa shape index (κ1) is 21.3. The van der Waals surface area contributed by atoms with Crippen molar-refractivity contribution in [2.45, 2.75) is 51.6 Å². The molecule has 1 fully saturated rings. The molecule has 5 nitrogen and oxygen atoms in total. The predicted molar refractivity (Wildman–Crippen MR) is 125 cm³/mol. The quantitative estimate of drug-likeness (QED) is 0.653. The lowest BCUT2D eigenvalue weighted by molar-refractivity contribution is -0.118. The summed E-state index contributed by atoms with van der Waals surface area (Å²) in [6, 6.07) is 12.4. The summed E-state index contributed by atoms with van der Waals surface area (Å²) in [5.41, 5.74) is 3.71. The number of nitrogens with one attached hydrogen (secondary N) is 1. The molecule has 1 unspecified atom stereocenters. The van der Waals surface area contributed by atoms with Gasteiger partial charge in [0.25, 0.3) is 0 Å². The van der Waals surface area contributed by atoms with Gasteiger partial charge < -0.3 is 19.7 Å². The van der Waals surface area contributed by atoms with E-state index in [9.17, 15) is 4.79 Å². The van der Waals surface area contributed by atoms with Gasteiger partial charge in [-0.3, -0.25) is 4.79 Å². The fraction of sp³-hybridized carbons (Fsp3) is 0.423. The van der Waals surface area contributed by atoms with Gasteiger partial charge in [-0.2, -0.15) is 0 Å². The Morgan fingerprint density at radius 2 is 1.97 bits per heavy atom. The van der Waals surface area contributed by atoms with Crippen LogP contribution in [0.4, 0.5) is 5.69 Å². The number of anilines is 1. The minimum absolute atomic E-state index is 0.0428. The summed E-state index contributed by atoms with van der Waals surface area (Å²) >= 11 is 0. The lowest BCUT2D eigenvalue weighted by Gasteiger charge is -2.40. The standard InChI is InChI=1S/C26H32N2O3/c1-6-7-14-31-22-11-9-19(16-23(22)30-5)12-13-26-25(3,4)20-15-18(2)8-10-21(20)28(26)17-24(29)27-26/h8-13,15-16H,6-7,14,17H2,1-5H3,(H,27,29). The Balaban J connectivity index is 1.68. The number of unbranched alkanes of at least 4 members (excludes halogenated alkanes) is 1. The number of rotatable bonds is 7. The molecule has 31 heavy (non-hydrogen) atoms. The third-order valence-electron chi connectivity index (χ3n) is 6.59. The van der Waals surface area contributed by atoms with Gasteiger partial charge in [0, 0.05) is 11.1 Å². The Morgan fingerprint density at radius 1 is 1.16 bits per heavy atom. The van der Waals surface area contributed by atoms with Gasteiger partial charge in [-0.15, -0.1) is 0 Å². The summed E-state index contributed by atoms with van der Waals surface area (Å²) in [6.07, 6.45) is 6.29. The molecule has 2 aromatic rings. The lowest BCUT2D eigenvalue weighted by Crippen LogP contribution is -2.58. The first-order valence-corrected chi connectivity index (χ1v) is 11.0. The molecule has 2 aliphatic rings. The average molecular weight is 421 g/mol. The van der Waals surface area contributed by atoms with Crippen molar-refractivity contribution in [3.63, 3.8) is 0 Å². The molecule has 0 radical (unpaired) electrons. The predicted octanol–water partition coefficient (Wildman–Crippen LogP) is 4.82. The second-order valence-corrected chi connectivity index (χ2v) is 8.99. The van der Waals surface area contributed by atoms with E-state index in [-0.39, 0.29) is 11.3 Å². The normalized spacial score (nSPS) is 21.2. The molecule has 164 valence electrons. The number of methoxy groups -OCH3 is 1. The number of hydrogen-bond donors (Lipinski definition) is 1. The Morgan fingerprint density at radius 3 is 2.71 bits per heavy atom. The van der Waals surface area contributed by atoms with Gasteiger partial charge in [-0.1, -0.05) is 57.0 Å². The molecular weight excluding hydrogens is 388 g/mol. The summed E-state index contributed by atoms with van der Waals surface area (Å²) in [5, 5.41) is 3.27. The van der Waals surface area contributed by atoms with Crippen LogP contribution in [0.3, 0.4) is 0 Å². The number of fused-ring (bicyclic) bond motifs is 3. The first-order chi connectivity index (χ1) is 14.8. The fourth-order valence-electron chi connectivity index (χ4n) is 4.74. The second kappa shape index (κ2) is 7.95. The highest BCUT2D eigenvalue weighted by molar-refractivity contribution is 5.91. The largest absolute Gasteiger partial charge is 0.493 e. The summed E-state index contributed by atoms with van der Waals surface area (Å²) in [6.45, 7) is 9.69. The minimum Gasteiger partial charge on any atom is -0.493 e. The number of nitrogens with zero attached hydrogens (tertiary/aromatic N) is 1. The summed E-state index contributed by atoms with van der Waals surface area (Å²) in [5.74, 6) is 1.51.